The van der Waals surface area contributed by atoms with E-state index in [4.69, 9.17) is 9.47 Å². The van der Waals surface area contributed by atoms with Crippen LogP contribution in [-0.4, -0.2) is 23.5 Å². The molecule has 0 radical (unpaired) electrons. The second-order valence-corrected chi connectivity index (χ2v) is 4.57. The van der Waals surface area contributed by atoms with Gasteiger partial charge in [-0.2, -0.15) is 5.10 Å². The summed E-state index contributed by atoms with van der Waals surface area (Å²) >= 11 is 0. The maximum Gasteiger partial charge on any atom is 0.161 e. The molecule has 0 unspecified atom stereocenters. The van der Waals surface area contributed by atoms with E-state index < -0.39 is 0 Å². The molecule has 2 aromatic rings. The zero-order valence-electron chi connectivity index (χ0n) is 12.4. The molecule has 1 aromatic heterocycles. The van der Waals surface area contributed by atoms with Crippen molar-refractivity contribution >= 4 is 5.69 Å². The number of ether oxygens (including phenoxy) is 2. The Labute approximate surface area is 119 Å². The van der Waals surface area contributed by atoms with Crippen molar-refractivity contribution in [1.82, 2.24) is 9.78 Å². The molecule has 0 aliphatic carbocycles. The van der Waals surface area contributed by atoms with Crippen LogP contribution in [-0.2, 0) is 13.6 Å². The molecule has 0 aliphatic rings. The number of nitrogens with zero attached hydrogens (tertiary/aromatic N) is 2. The van der Waals surface area contributed by atoms with E-state index in [1.807, 2.05) is 45.3 Å². The van der Waals surface area contributed by atoms with E-state index in [0.717, 1.165) is 35.0 Å². The van der Waals surface area contributed by atoms with Gasteiger partial charge >= 0.3 is 0 Å². The Morgan fingerprint density at radius 3 is 2.70 bits per heavy atom. The molecule has 0 saturated heterocycles. The fourth-order valence-electron chi connectivity index (χ4n) is 2.07. The van der Waals surface area contributed by atoms with Crippen LogP contribution in [0.5, 0.6) is 11.5 Å². The second kappa shape index (κ2) is 6.32. The third-order valence-electron chi connectivity index (χ3n) is 3.02. The monoisotopic (exact) mass is 275 g/mol. The zero-order chi connectivity index (χ0) is 14.5. The minimum atomic E-state index is 0.620. The maximum atomic E-state index is 5.58. The van der Waals surface area contributed by atoms with E-state index in [2.05, 4.69) is 10.4 Å². The SMILES string of the molecule is CCOc1cc(CNc2cn(C)nc2C)ccc1OC. The second-order valence-electron chi connectivity index (χ2n) is 4.57. The predicted octanol–water partition coefficient (Wildman–Crippen LogP) is 2.75. The average molecular weight is 275 g/mol. The number of hydrogen-bond donors (Lipinski definition) is 1. The van der Waals surface area contributed by atoms with Crippen LogP contribution in [0.4, 0.5) is 5.69 Å². The molecule has 5 nitrogen and oxygen atoms in total. The van der Waals surface area contributed by atoms with Crippen molar-refractivity contribution < 1.29 is 9.47 Å². The number of nitrogens with one attached hydrogen (secondary N) is 1. The first-order chi connectivity index (χ1) is 9.63. The molecule has 1 aromatic carbocycles. The molecule has 0 spiro atoms. The van der Waals surface area contributed by atoms with Crippen LogP contribution < -0.4 is 14.8 Å². The summed E-state index contributed by atoms with van der Waals surface area (Å²) in [5.41, 5.74) is 3.17. The van der Waals surface area contributed by atoms with Gasteiger partial charge < -0.3 is 14.8 Å². The zero-order valence-corrected chi connectivity index (χ0v) is 12.4. The quantitative estimate of drug-likeness (QED) is 0.880. The average Bonchev–Trinajstić information content (AvgIpc) is 2.75. The molecule has 0 aliphatic heterocycles. The lowest BCUT2D eigenvalue weighted by Crippen LogP contribution is -2.02. The first kappa shape index (κ1) is 14.2. The van der Waals surface area contributed by atoms with Crippen LogP contribution >= 0.6 is 0 Å². The van der Waals surface area contributed by atoms with Gasteiger partial charge in [-0.25, -0.2) is 0 Å². The van der Waals surface area contributed by atoms with Gasteiger partial charge in [0.2, 0.25) is 0 Å². The highest BCUT2D eigenvalue weighted by molar-refractivity contribution is 5.48. The van der Waals surface area contributed by atoms with Gasteiger partial charge in [0.25, 0.3) is 0 Å². The summed E-state index contributed by atoms with van der Waals surface area (Å²) in [6.07, 6.45) is 1.97. The fourth-order valence-corrected chi connectivity index (χ4v) is 2.07. The highest BCUT2D eigenvalue weighted by Crippen LogP contribution is 2.28. The van der Waals surface area contributed by atoms with Gasteiger partial charge in [-0.3, -0.25) is 4.68 Å². The largest absolute Gasteiger partial charge is 0.493 e. The Kier molecular flexibility index (Phi) is 4.50. The Balaban J connectivity index is 2.09. The van der Waals surface area contributed by atoms with E-state index in [9.17, 15) is 0 Å². The van der Waals surface area contributed by atoms with Crippen molar-refractivity contribution in [1.29, 1.82) is 0 Å². The number of benzene rings is 1. The van der Waals surface area contributed by atoms with Crippen molar-refractivity contribution in [3.8, 4) is 11.5 Å². The van der Waals surface area contributed by atoms with Gasteiger partial charge in [-0.1, -0.05) is 6.07 Å². The lowest BCUT2D eigenvalue weighted by atomic mass is 10.2. The molecular weight excluding hydrogens is 254 g/mol. The van der Waals surface area contributed by atoms with E-state index in [1.54, 1.807) is 11.8 Å². The standard InChI is InChI=1S/C15H21N3O2/c1-5-20-15-8-12(6-7-14(15)19-4)9-16-13-10-18(3)17-11(13)2/h6-8,10,16H,5,9H2,1-4H3. The fraction of sp³-hybridized carbons (Fsp3) is 0.400. The Bertz CT molecular complexity index is 578. The minimum absolute atomic E-state index is 0.620. The van der Waals surface area contributed by atoms with Gasteiger partial charge in [0.05, 0.1) is 25.1 Å². The van der Waals surface area contributed by atoms with Crippen LogP contribution in [0, 0.1) is 6.92 Å². The Hall–Kier alpha value is -2.17. The number of anilines is 1. The molecule has 0 saturated carbocycles. The minimum Gasteiger partial charge on any atom is -0.493 e. The summed E-state index contributed by atoms with van der Waals surface area (Å²) in [6, 6.07) is 5.96. The molecule has 5 heteroatoms. The van der Waals surface area contributed by atoms with Gasteiger partial charge in [-0.05, 0) is 31.5 Å². The molecule has 0 bridgehead atoms. The molecule has 2 rings (SSSR count). The van der Waals surface area contributed by atoms with Crippen molar-refractivity contribution in [3.05, 3.63) is 35.7 Å². The number of hydrogen-bond acceptors (Lipinski definition) is 4. The van der Waals surface area contributed by atoms with Crippen molar-refractivity contribution in [2.24, 2.45) is 7.05 Å². The van der Waals surface area contributed by atoms with Gasteiger partial charge in [0, 0.05) is 19.8 Å². The van der Waals surface area contributed by atoms with Crippen LogP contribution in [0.1, 0.15) is 18.2 Å². The topological polar surface area (TPSA) is 48.3 Å². The number of rotatable bonds is 6. The van der Waals surface area contributed by atoms with E-state index in [0.29, 0.717) is 6.61 Å². The van der Waals surface area contributed by atoms with Crippen LogP contribution in [0.2, 0.25) is 0 Å². The first-order valence-corrected chi connectivity index (χ1v) is 6.68. The first-order valence-electron chi connectivity index (χ1n) is 6.68. The van der Waals surface area contributed by atoms with Crippen LogP contribution in [0.25, 0.3) is 0 Å². The predicted molar refractivity (Wildman–Crippen MR) is 79.4 cm³/mol. The van der Waals surface area contributed by atoms with Crippen molar-refractivity contribution in [2.45, 2.75) is 20.4 Å². The summed E-state index contributed by atoms with van der Waals surface area (Å²) in [5, 5.41) is 7.68. The summed E-state index contributed by atoms with van der Waals surface area (Å²) in [5.74, 6) is 1.53. The highest BCUT2D eigenvalue weighted by atomic mass is 16.5. The van der Waals surface area contributed by atoms with Crippen LogP contribution in [0.15, 0.2) is 24.4 Å². The number of aryl methyl sites for hydroxylation is 2. The molecule has 0 atom stereocenters. The summed E-state index contributed by atoms with van der Waals surface area (Å²) in [6.45, 7) is 5.29. The molecule has 1 heterocycles. The Morgan fingerprint density at radius 2 is 2.10 bits per heavy atom. The molecule has 0 fully saturated rings. The molecule has 0 amide bonds. The van der Waals surface area contributed by atoms with Crippen LogP contribution in [0.3, 0.4) is 0 Å². The van der Waals surface area contributed by atoms with Gasteiger partial charge in [0.15, 0.2) is 11.5 Å². The van der Waals surface area contributed by atoms with E-state index in [-0.39, 0.29) is 0 Å². The number of aromatic nitrogens is 2. The third kappa shape index (κ3) is 3.23. The highest BCUT2D eigenvalue weighted by Gasteiger charge is 2.06. The summed E-state index contributed by atoms with van der Waals surface area (Å²) in [7, 11) is 3.56. The smallest absolute Gasteiger partial charge is 0.161 e. The molecule has 108 valence electrons. The van der Waals surface area contributed by atoms with Gasteiger partial charge in [-0.15, -0.1) is 0 Å². The molecular formula is C15H21N3O2. The number of methoxy groups -OCH3 is 1. The Morgan fingerprint density at radius 1 is 1.30 bits per heavy atom. The lowest BCUT2D eigenvalue weighted by molar-refractivity contribution is 0.310. The molecule has 1 N–H and O–H groups in total. The summed E-state index contributed by atoms with van der Waals surface area (Å²) < 4.78 is 12.7. The normalized spacial score (nSPS) is 10.4. The maximum absolute atomic E-state index is 5.58. The van der Waals surface area contributed by atoms with E-state index >= 15 is 0 Å². The summed E-state index contributed by atoms with van der Waals surface area (Å²) in [4.78, 5) is 0. The van der Waals surface area contributed by atoms with Gasteiger partial charge in [0.1, 0.15) is 0 Å². The third-order valence-corrected chi connectivity index (χ3v) is 3.02. The van der Waals surface area contributed by atoms with E-state index in [1.165, 1.54) is 0 Å². The van der Waals surface area contributed by atoms with Crippen molar-refractivity contribution in [3.63, 3.8) is 0 Å². The van der Waals surface area contributed by atoms with Crippen molar-refractivity contribution in [2.75, 3.05) is 19.0 Å². The molecule has 20 heavy (non-hydrogen) atoms. The lowest BCUT2D eigenvalue weighted by Gasteiger charge is -2.11.